The van der Waals surface area contributed by atoms with E-state index in [1.807, 2.05) is 0 Å². The van der Waals surface area contributed by atoms with Crippen LogP contribution in [-0.2, 0) is 10.1 Å². The fourth-order valence-corrected chi connectivity index (χ4v) is 2.64. The Morgan fingerprint density at radius 2 is 2.31 bits per heavy atom. The number of benzene rings is 1. The van der Waals surface area contributed by atoms with Crippen molar-refractivity contribution in [2.75, 3.05) is 25.1 Å². The number of rotatable bonds is 3. The Bertz CT molecular complexity index is 367. The van der Waals surface area contributed by atoms with E-state index in [1.165, 1.54) is 16.8 Å². The number of ether oxygens (including phenoxy) is 1. The fourth-order valence-electron chi connectivity index (χ4n) is 2.29. The summed E-state index contributed by atoms with van der Waals surface area (Å²) in [6.07, 6.45) is 1.53. The molecular formula is C13H18BrNO. The van der Waals surface area contributed by atoms with Crippen LogP contribution in [0.5, 0.6) is 0 Å². The molecule has 88 valence electrons. The third kappa shape index (κ3) is 2.41. The monoisotopic (exact) mass is 283 g/mol. The molecule has 1 unspecified atom stereocenters. The van der Waals surface area contributed by atoms with Crippen molar-refractivity contribution >= 4 is 21.6 Å². The lowest BCUT2D eigenvalue weighted by Gasteiger charge is -2.21. The van der Waals surface area contributed by atoms with Crippen LogP contribution in [0.4, 0.5) is 5.69 Å². The molecule has 0 radical (unpaired) electrons. The summed E-state index contributed by atoms with van der Waals surface area (Å²) in [5.41, 5.74) is 4.04. The maximum absolute atomic E-state index is 5.40. The summed E-state index contributed by atoms with van der Waals surface area (Å²) in [5.74, 6) is 0. The minimum atomic E-state index is 0.398. The topological polar surface area (TPSA) is 12.5 Å². The second kappa shape index (κ2) is 5.19. The van der Waals surface area contributed by atoms with Crippen LogP contribution >= 0.6 is 15.9 Å². The Kier molecular flexibility index (Phi) is 3.87. The van der Waals surface area contributed by atoms with Crippen LogP contribution in [0.2, 0.25) is 0 Å². The molecule has 3 heteroatoms. The molecule has 2 nitrogen and oxygen atoms in total. The van der Waals surface area contributed by atoms with E-state index in [0.717, 1.165) is 24.8 Å². The molecule has 1 aliphatic rings. The molecule has 1 aliphatic heterocycles. The van der Waals surface area contributed by atoms with Crippen LogP contribution in [0.3, 0.4) is 0 Å². The Morgan fingerprint density at radius 1 is 1.50 bits per heavy atom. The molecular weight excluding hydrogens is 266 g/mol. The first kappa shape index (κ1) is 11.9. The summed E-state index contributed by atoms with van der Waals surface area (Å²) in [6.45, 7) is 4.31. The van der Waals surface area contributed by atoms with Gasteiger partial charge in [-0.05, 0) is 30.5 Å². The van der Waals surface area contributed by atoms with Crippen LogP contribution < -0.4 is 4.90 Å². The van der Waals surface area contributed by atoms with Crippen LogP contribution in [0.25, 0.3) is 0 Å². The maximum Gasteiger partial charge on any atom is 0.0762 e. The minimum Gasteiger partial charge on any atom is -0.380 e. The van der Waals surface area contributed by atoms with Crippen LogP contribution in [0.1, 0.15) is 17.5 Å². The zero-order valence-corrected chi connectivity index (χ0v) is 11.5. The van der Waals surface area contributed by atoms with Gasteiger partial charge < -0.3 is 9.64 Å². The zero-order chi connectivity index (χ0) is 11.5. The first-order chi connectivity index (χ1) is 7.74. The van der Waals surface area contributed by atoms with E-state index < -0.39 is 0 Å². The summed E-state index contributed by atoms with van der Waals surface area (Å²) in [6, 6.07) is 6.67. The van der Waals surface area contributed by atoms with E-state index >= 15 is 0 Å². The lowest BCUT2D eigenvalue weighted by Crippen LogP contribution is -2.22. The van der Waals surface area contributed by atoms with Gasteiger partial charge in [0, 0.05) is 31.2 Å². The van der Waals surface area contributed by atoms with E-state index in [0.29, 0.717) is 6.10 Å². The Balaban J connectivity index is 2.15. The number of hydrogen-bond donors (Lipinski definition) is 0. The molecule has 1 aromatic carbocycles. The summed E-state index contributed by atoms with van der Waals surface area (Å²) in [5, 5.41) is 0.925. The highest BCUT2D eigenvalue weighted by atomic mass is 79.9. The van der Waals surface area contributed by atoms with Gasteiger partial charge in [0.1, 0.15) is 0 Å². The molecule has 1 saturated heterocycles. The Hall–Kier alpha value is -0.540. The lowest BCUT2D eigenvalue weighted by molar-refractivity contribution is 0.121. The van der Waals surface area contributed by atoms with Crippen molar-refractivity contribution in [1.82, 2.24) is 0 Å². The molecule has 0 spiro atoms. The maximum atomic E-state index is 5.40. The summed E-state index contributed by atoms with van der Waals surface area (Å²) >= 11 is 3.49. The molecule has 1 heterocycles. The molecule has 16 heavy (non-hydrogen) atoms. The minimum absolute atomic E-state index is 0.398. The average Bonchev–Trinajstić information content (AvgIpc) is 2.77. The predicted molar refractivity (Wildman–Crippen MR) is 71.4 cm³/mol. The van der Waals surface area contributed by atoms with Crippen molar-refractivity contribution in [1.29, 1.82) is 0 Å². The lowest BCUT2D eigenvalue weighted by atomic mass is 10.1. The molecule has 2 rings (SSSR count). The molecule has 1 aromatic rings. The number of methoxy groups -OCH3 is 1. The van der Waals surface area contributed by atoms with Crippen molar-refractivity contribution in [3.05, 3.63) is 29.3 Å². The number of halogens is 1. The second-order valence-electron chi connectivity index (χ2n) is 4.35. The molecule has 1 fully saturated rings. The predicted octanol–water partition coefficient (Wildman–Crippen LogP) is 3.12. The SMILES string of the molecule is COC1CCN(c2ccc(CBr)cc2C)C1. The van der Waals surface area contributed by atoms with Crippen LogP contribution in [-0.4, -0.2) is 26.3 Å². The highest BCUT2D eigenvalue weighted by Gasteiger charge is 2.23. The van der Waals surface area contributed by atoms with E-state index in [1.54, 1.807) is 7.11 Å². The number of alkyl halides is 1. The summed E-state index contributed by atoms with van der Waals surface area (Å²) < 4.78 is 5.40. The van der Waals surface area contributed by atoms with Crippen LogP contribution in [0.15, 0.2) is 18.2 Å². The van der Waals surface area contributed by atoms with Gasteiger partial charge in [-0.15, -0.1) is 0 Å². The van der Waals surface area contributed by atoms with E-state index in [9.17, 15) is 0 Å². The average molecular weight is 284 g/mol. The molecule has 0 saturated carbocycles. The number of aryl methyl sites for hydroxylation is 1. The second-order valence-corrected chi connectivity index (χ2v) is 4.91. The standard InChI is InChI=1S/C13H18BrNO/c1-10-7-11(8-14)3-4-13(10)15-6-5-12(9-15)16-2/h3-4,7,12H,5-6,8-9H2,1-2H3. The summed E-state index contributed by atoms with van der Waals surface area (Å²) in [7, 11) is 1.80. The molecule has 0 aromatic heterocycles. The van der Waals surface area contributed by atoms with Crippen molar-refractivity contribution in [2.45, 2.75) is 24.8 Å². The van der Waals surface area contributed by atoms with Gasteiger partial charge in [0.25, 0.3) is 0 Å². The van der Waals surface area contributed by atoms with Crippen molar-refractivity contribution in [3.8, 4) is 0 Å². The van der Waals surface area contributed by atoms with Gasteiger partial charge in [-0.3, -0.25) is 0 Å². The third-order valence-electron chi connectivity index (χ3n) is 3.23. The van der Waals surface area contributed by atoms with Crippen molar-refractivity contribution < 1.29 is 4.74 Å². The fraction of sp³-hybridized carbons (Fsp3) is 0.538. The normalized spacial score (nSPS) is 20.4. The highest BCUT2D eigenvalue weighted by Crippen LogP contribution is 2.26. The Morgan fingerprint density at radius 3 is 2.88 bits per heavy atom. The zero-order valence-electron chi connectivity index (χ0n) is 9.87. The third-order valence-corrected chi connectivity index (χ3v) is 3.88. The van der Waals surface area contributed by atoms with Gasteiger partial charge in [0.2, 0.25) is 0 Å². The molecule has 0 N–H and O–H groups in total. The van der Waals surface area contributed by atoms with E-state index in [4.69, 9.17) is 4.74 Å². The largest absolute Gasteiger partial charge is 0.380 e. The smallest absolute Gasteiger partial charge is 0.0762 e. The van der Waals surface area contributed by atoms with Gasteiger partial charge in [0.15, 0.2) is 0 Å². The van der Waals surface area contributed by atoms with Gasteiger partial charge in [0.05, 0.1) is 6.10 Å². The number of hydrogen-bond acceptors (Lipinski definition) is 2. The number of nitrogens with zero attached hydrogens (tertiary/aromatic N) is 1. The molecule has 0 aliphatic carbocycles. The Labute approximate surface area is 106 Å². The van der Waals surface area contributed by atoms with E-state index in [2.05, 4.69) is 46.0 Å². The van der Waals surface area contributed by atoms with Crippen LogP contribution in [0, 0.1) is 6.92 Å². The first-order valence-electron chi connectivity index (χ1n) is 5.68. The molecule has 1 atom stereocenters. The highest BCUT2D eigenvalue weighted by molar-refractivity contribution is 9.08. The van der Waals surface area contributed by atoms with Gasteiger partial charge in [-0.1, -0.05) is 28.1 Å². The molecule has 0 amide bonds. The van der Waals surface area contributed by atoms with Gasteiger partial charge in [-0.25, -0.2) is 0 Å². The van der Waals surface area contributed by atoms with Crippen molar-refractivity contribution in [2.24, 2.45) is 0 Å². The summed E-state index contributed by atoms with van der Waals surface area (Å²) in [4.78, 5) is 2.42. The quantitative estimate of drug-likeness (QED) is 0.791. The van der Waals surface area contributed by atoms with Gasteiger partial charge >= 0.3 is 0 Å². The van der Waals surface area contributed by atoms with Gasteiger partial charge in [-0.2, -0.15) is 0 Å². The number of anilines is 1. The molecule has 0 bridgehead atoms. The van der Waals surface area contributed by atoms with Crippen molar-refractivity contribution in [3.63, 3.8) is 0 Å². The van der Waals surface area contributed by atoms with E-state index in [-0.39, 0.29) is 0 Å². The first-order valence-corrected chi connectivity index (χ1v) is 6.80.